The molecule has 1 aliphatic rings. The Kier molecular flexibility index (Phi) is 3.47. The third-order valence-corrected chi connectivity index (χ3v) is 3.86. The Morgan fingerprint density at radius 3 is 2.53 bits per heavy atom. The molecule has 0 bridgehead atoms. The van der Waals surface area contributed by atoms with Crippen molar-refractivity contribution >= 4 is 17.3 Å². The molecule has 0 saturated heterocycles. The zero-order valence-corrected chi connectivity index (χ0v) is 9.63. The molecule has 2 rings (SSSR count). The first-order valence-electron chi connectivity index (χ1n) is 5.55. The van der Waals surface area contributed by atoms with Gasteiger partial charge < -0.3 is 5.32 Å². The van der Waals surface area contributed by atoms with Crippen LogP contribution in [0.4, 0.5) is 5.69 Å². The van der Waals surface area contributed by atoms with Crippen molar-refractivity contribution in [1.29, 1.82) is 0 Å². The second-order valence-electron chi connectivity index (χ2n) is 4.43. The number of hydrogen-bond acceptors (Lipinski definition) is 2. The largest absolute Gasteiger partial charge is 0.384 e. The molecule has 0 unspecified atom stereocenters. The van der Waals surface area contributed by atoms with E-state index < -0.39 is 0 Å². The lowest BCUT2D eigenvalue weighted by atomic mass is 9.88. The van der Waals surface area contributed by atoms with Crippen molar-refractivity contribution < 1.29 is 0 Å². The monoisotopic (exact) mass is 224 g/mol. The summed E-state index contributed by atoms with van der Waals surface area (Å²) in [5, 5.41) is 3.45. The van der Waals surface area contributed by atoms with Gasteiger partial charge >= 0.3 is 0 Å². The Morgan fingerprint density at radius 1 is 1.27 bits per heavy atom. The highest BCUT2D eigenvalue weighted by Crippen LogP contribution is 2.39. The van der Waals surface area contributed by atoms with E-state index in [1.807, 2.05) is 24.5 Å². The summed E-state index contributed by atoms with van der Waals surface area (Å²) < 4.78 is 0. The molecule has 1 aromatic rings. The van der Waals surface area contributed by atoms with Crippen LogP contribution in [0.25, 0.3) is 0 Å². The molecular weight excluding hydrogens is 208 g/mol. The molecule has 1 aliphatic carbocycles. The average molecular weight is 225 g/mol. The summed E-state index contributed by atoms with van der Waals surface area (Å²) >= 11 is 6.08. The van der Waals surface area contributed by atoms with Gasteiger partial charge in [0.15, 0.2) is 0 Å². The van der Waals surface area contributed by atoms with Gasteiger partial charge in [-0.15, -0.1) is 11.6 Å². The molecule has 1 heterocycles. The van der Waals surface area contributed by atoms with E-state index in [2.05, 4.69) is 10.3 Å². The van der Waals surface area contributed by atoms with E-state index in [4.69, 9.17) is 11.6 Å². The fourth-order valence-electron chi connectivity index (χ4n) is 2.24. The van der Waals surface area contributed by atoms with Crippen LogP contribution in [0.5, 0.6) is 0 Å². The Hall–Kier alpha value is -0.760. The number of pyridine rings is 1. The summed E-state index contributed by atoms with van der Waals surface area (Å²) in [6.45, 7) is 0.987. The normalized spacial score (nSPS) is 19.0. The van der Waals surface area contributed by atoms with E-state index in [9.17, 15) is 0 Å². The topological polar surface area (TPSA) is 24.9 Å². The molecule has 1 N–H and O–H groups in total. The summed E-state index contributed by atoms with van der Waals surface area (Å²) in [6, 6.07) is 3.99. The van der Waals surface area contributed by atoms with E-state index in [1.54, 1.807) is 0 Å². The molecule has 0 atom stereocenters. The van der Waals surface area contributed by atoms with E-state index in [-0.39, 0.29) is 0 Å². The summed E-state index contributed by atoms with van der Waals surface area (Å²) in [5.74, 6) is 0.769. The fourth-order valence-corrected chi connectivity index (χ4v) is 2.60. The van der Waals surface area contributed by atoms with Gasteiger partial charge in [0.05, 0.1) is 0 Å². The van der Waals surface area contributed by atoms with Crippen molar-refractivity contribution in [2.24, 2.45) is 5.41 Å². The van der Waals surface area contributed by atoms with Crippen molar-refractivity contribution in [2.45, 2.75) is 25.7 Å². The van der Waals surface area contributed by atoms with Crippen molar-refractivity contribution in [1.82, 2.24) is 4.98 Å². The van der Waals surface area contributed by atoms with E-state index in [0.717, 1.165) is 18.1 Å². The third-order valence-electron chi connectivity index (χ3n) is 3.30. The molecule has 3 heteroatoms. The van der Waals surface area contributed by atoms with E-state index in [0.29, 0.717) is 5.41 Å². The first-order chi connectivity index (χ1) is 7.35. The lowest BCUT2D eigenvalue weighted by Gasteiger charge is -2.26. The minimum atomic E-state index is 0.324. The van der Waals surface area contributed by atoms with Crippen LogP contribution in [0, 0.1) is 5.41 Å². The van der Waals surface area contributed by atoms with Gasteiger partial charge in [-0.2, -0.15) is 0 Å². The summed E-state index contributed by atoms with van der Waals surface area (Å²) in [5.41, 5.74) is 1.46. The fraction of sp³-hybridized carbons (Fsp3) is 0.583. The van der Waals surface area contributed by atoms with Crippen LogP contribution in [-0.2, 0) is 0 Å². The van der Waals surface area contributed by atoms with Crippen molar-refractivity contribution in [3.05, 3.63) is 24.5 Å². The standard InChI is InChI=1S/C12H17ClN2/c13-9-12(5-1-2-6-12)10-15-11-3-7-14-8-4-11/h3-4,7-8H,1-2,5-6,9-10H2,(H,14,15). The average Bonchev–Trinajstić information content (AvgIpc) is 2.77. The predicted molar refractivity (Wildman–Crippen MR) is 64.3 cm³/mol. The van der Waals surface area contributed by atoms with Gasteiger partial charge in [-0.25, -0.2) is 0 Å². The number of nitrogens with one attached hydrogen (secondary N) is 1. The smallest absolute Gasteiger partial charge is 0.0371 e. The highest BCUT2D eigenvalue weighted by atomic mass is 35.5. The quantitative estimate of drug-likeness (QED) is 0.794. The highest BCUT2D eigenvalue weighted by Gasteiger charge is 2.32. The Balaban J connectivity index is 1.92. The van der Waals surface area contributed by atoms with Crippen molar-refractivity contribution in [3.63, 3.8) is 0 Å². The number of aromatic nitrogens is 1. The van der Waals surface area contributed by atoms with Crippen LogP contribution in [-0.4, -0.2) is 17.4 Å². The molecule has 0 aromatic carbocycles. The van der Waals surface area contributed by atoms with Gasteiger partial charge in [-0.3, -0.25) is 4.98 Å². The summed E-state index contributed by atoms with van der Waals surface area (Å²) in [7, 11) is 0. The molecule has 0 spiro atoms. The number of rotatable bonds is 4. The second kappa shape index (κ2) is 4.84. The van der Waals surface area contributed by atoms with Crippen LogP contribution >= 0.6 is 11.6 Å². The first-order valence-corrected chi connectivity index (χ1v) is 6.08. The molecule has 0 radical (unpaired) electrons. The van der Waals surface area contributed by atoms with Crippen LogP contribution < -0.4 is 5.32 Å². The first kappa shape index (κ1) is 10.7. The molecule has 2 nitrogen and oxygen atoms in total. The molecule has 15 heavy (non-hydrogen) atoms. The molecule has 0 aliphatic heterocycles. The molecule has 0 amide bonds. The Bertz CT molecular complexity index is 294. The molecular formula is C12H17ClN2. The van der Waals surface area contributed by atoms with Crippen molar-refractivity contribution in [2.75, 3.05) is 17.7 Å². The number of hydrogen-bond donors (Lipinski definition) is 1. The zero-order chi connectivity index (χ0) is 10.6. The number of anilines is 1. The van der Waals surface area contributed by atoms with Gasteiger partial charge in [0.1, 0.15) is 0 Å². The molecule has 82 valence electrons. The van der Waals surface area contributed by atoms with Crippen LogP contribution in [0.3, 0.4) is 0 Å². The Labute approximate surface area is 96.1 Å². The maximum Gasteiger partial charge on any atom is 0.0371 e. The number of halogens is 1. The van der Waals surface area contributed by atoms with Gasteiger partial charge in [0, 0.05) is 35.9 Å². The minimum absolute atomic E-state index is 0.324. The van der Waals surface area contributed by atoms with Gasteiger partial charge in [0.2, 0.25) is 0 Å². The molecule has 1 saturated carbocycles. The number of alkyl halides is 1. The van der Waals surface area contributed by atoms with E-state index >= 15 is 0 Å². The maximum atomic E-state index is 6.08. The third kappa shape index (κ3) is 2.63. The lowest BCUT2D eigenvalue weighted by Crippen LogP contribution is -2.28. The SMILES string of the molecule is ClCC1(CNc2ccncc2)CCCC1. The summed E-state index contributed by atoms with van der Waals surface area (Å²) in [4.78, 5) is 4.00. The predicted octanol–water partition coefficient (Wildman–Crippen LogP) is 3.29. The maximum absolute atomic E-state index is 6.08. The summed E-state index contributed by atoms with van der Waals surface area (Å²) in [6.07, 6.45) is 8.79. The van der Waals surface area contributed by atoms with Gasteiger partial charge in [0.25, 0.3) is 0 Å². The lowest BCUT2D eigenvalue weighted by molar-refractivity contribution is 0.368. The van der Waals surface area contributed by atoms with Gasteiger partial charge in [-0.05, 0) is 25.0 Å². The van der Waals surface area contributed by atoms with E-state index in [1.165, 1.54) is 25.7 Å². The molecule has 1 fully saturated rings. The second-order valence-corrected chi connectivity index (χ2v) is 4.70. The van der Waals surface area contributed by atoms with Gasteiger partial charge in [-0.1, -0.05) is 12.8 Å². The highest BCUT2D eigenvalue weighted by molar-refractivity contribution is 6.18. The Morgan fingerprint density at radius 2 is 1.93 bits per heavy atom. The minimum Gasteiger partial charge on any atom is -0.384 e. The van der Waals surface area contributed by atoms with Crippen LogP contribution in [0.15, 0.2) is 24.5 Å². The van der Waals surface area contributed by atoms with Crippen LogP contribution in [0.1, 0.15) is 25.7 Å². The number of nitrogens with zero attached hydrogens (tertiary/aromatic N) is 1. The molecule has 1 aromatic heterocycles. The zero-order valence-electron chi connectivity index (χ0n) is 8.88. The van der Waals surface area contributed by atoms with Crippen molar-refractivity contribution in [3.8, 4) is 0 Å². The van der Waals surface area contributed by atoms with Crippen LogP contribution in [0.2, 0.25) is 0 Å².